The van der Waals surface area contributed by atoms with E-state index in [1.807, 2.05) is 4.72 Å². The fourth-order valence-electron chi connectivity index (χ4n) is 2.07. The molecular formula is C10H20N2O5S. The number of hydrogen-bond acceptors (Lipinski definition) is 5. The Balaban J connectivity index is 2.62. The third-order valence-electron chi connectivity index (χ3n) is 2.82. The van der Waals surface area contributed by atoms with E-state index in [4.69, 9.17) is 5.11 Å². The summed E-state index contributed by atoms with van der Waals surface area (Å²) in [4.78, 5) is 11.2. The van der Waals surface area contributed by atoms with Crippen LogP contribution in [0.15, 0.2) is 0 Å². The smallest absolute Gasteiger partial charge is 0.421 e. The normalized spacial score (nSPS) is 20.9. The lowest BCUT2D eigenvalue weighted by atomic mass is 10.1. The molecule has 0 radical (unpaired) electrons. The summed E-state index contributed by atoms with van der Waals surface area (Å²) in [5.41, 5.74) is 0. The Labute approximate surface area is 107 Å². The first-order valence-electron chi connectivity index (χ1n) is 6.08. The third-order valence-corrected chi connectivity index (χ3v) is 4.34. The Morgan fingerprint density at radius 2 is 2.28 bits per heavy atom. The van der Waals surface area contributed by atoms with Crippen LogP contribution in [-0.4, -0.2) is 49.7 Å². The van der Waals surface area contributed by atoms with E-state index in [2.05, 4.69) is 4.74 Å². The Morgan fingerprint density at radius 1 is 1.56 bits per heavy atom. The van der Waals surface area contributed by atoms with Crippen molar-refractivity contribution in [3.63, 3.8) is 0 Å². The summed E-state index contributed by atoms with van der Waals surface area (Å²) >= 11 is 0. The van der Waals surface area contributed by atoms with Crippen LogP contribution in [-0.2, 0) is 14.9 Å². The number of aliphatic hydroxyl groups excluding tert-OH is 1. The van der Waals surface area contributed by atoms with E-state index in [1.165, 1.54) is 4.31 Å². The van der Waals surface area contributed by atoms with Gasteiger partial charge in [-0.15, -0.1) is 0 Å². The van der Waals surface area contributed by atoms with Crippen LogP contribution in [0.1, 0.15) is 32.6 Å². The zero-order valence-corrected chi connectivity index (χ0v) is 11.3. The fraction of sp³-hybridized carbons (Fsp3) is 0.900. The molecule has 0 aromatic heterocycles. The molecule has 0 aromatic rings. The minimum absolute atomic E-state index is 0.0374. The predicted molar refractivity (Wildman–Crippen MR) is 65.1 cm³/mol. The van der Waals surface area contributed by atoms with Gasteiger partial charge in [-0.2, -0.15) is 12.7 Å². The van der Waals surface area contributed by atoms with E-state index in [-0.39, 0.29) is 19.3 Å². The van der Waals surface area contributed by atoms with Gasteiger partial charge < -0.3 is 9.84 Å². The van der Waals surface area contributed by atoms with Gasteiger partial charge in [-0.1, -0.05) is 0 Å². The van der Waals surface area contributed by atoms with Crippen LogP contribution in [0.25, 0.3) is 0 Å². The minimum atomic E-state index is -3.83. The number of nitrogens with one attached hydrogen (secondary N) is 1. The highest BCUT2D eigenvalue weighted by atomic mass is 32.2. The minimum Gasteiger partial charge on any atom is -0.449 e. The van der Waals surface area contributed by atoms with E-state index >= 15 is 0 Å². The number of aliphatic hydroxyl groups is 1. The lowest BCUT2D eigenvalue weighted by Gasteiger charge is -2.23. The summed E-state index contributed by atoms with van der Waals surface area (Å²) in [6.07, 6.45) is 1.71. The predicted octanol–water partition coefficient (Wildman–Crippen LogP) is 0.214. The molecule has 0 aromatic carbocycles. The standard InChI is InChI=1S/C10H20N2O5S/c1-2-17-10(14)11-18(15,16)12-7-3-5-9(12)6-4-8-13/h9,13H,2-8H2,1H3,(H,11,14). The number of amides is 1. The van der Waals surface area contributed by atoms with Gasteiger partial charge in [-0.3, -0.25) is 0 Å². The van der Waals surface area contributed by atoms with Crippen LogP contribution in [0.5, 0.6) is 0 Å². The molecule has 0 spiro atoms. The first-order chi connectivity index (χ1) is 8.51. The van der Waals surface area contributed by atoms with E-state index in [9.17, 15) is 13.2 Å². The van der Waals surface area contributed by atoms with E-state index in [0.717, 1.165) is 12.8 Å². The van der Waals surface area contributed by atoms with Gasteiger partial charge in [0.2, 0.25) is 0 Å². The molecule has 1 aliphatic heterocycles. The van der Waals surface area contributed by atoms with Crippen molar-refractivity contribution in [3.8, 4) is 0 Å². The van der Waals surface area contributed by atoms with Crippen LogP contribution >= 0.6 is 0 Å². The number of hydrogen-bond donors (Lipinski definition) is 2. The number of carbonyl (C=O) groups excluding carboxylic acids is 1. The molecule has 8 heteroatoms. The van der Waals surface area contributed by atoms with Crippen LogP contribution in [0.2, 0.25) is 0 Å². The second-order valence-corrected chi connectivity index (χ2v) is 5.72. The van der Waals surface area contributed by atoms with Crippen LogP contribution in [0, 0.1) is 0 Å². The average Bonchev–Trinajstić information content (AvgIpc) is 2.74. The van der Waals surface area contributed by atoms with Crippen molar-refractivity contribution in [1.82, 2.24) is 9.03 Å². The molecule has 1 fully saturated rings. The molecule has 0 bridgehead atoms. The largest absolute Gasteiger partial charge is 0.449 e. The summed E-state index contributed by atoms with van der Waals surface area (Å²) in [5, 5.41) is 8.77. The zero-order valence-electron chi connectivity index (χ0n) is 10.5. The molecule has 1 heterocycles. The van der Waals surface area contributed by atoms with Gasteiger partial charge in [0.05, 0.1) is 6.61 Å². The highest BCUT2D eigenvalue weighted by molar-refractivity contribution is 7.87. The molecule has 18 heavy (non-hydrogen) atoms. The number of carbonyl (C=O) groups is 1. The second-order valence-electron chi connectivity index (χ2n) is 4.10. The highest BCUT2D eigenvalue weighted by Gasteiger charge is 2.34. The maximum absolute atomic E-state index is 11.9. The maximum Gasteiger partial charge on any atom is 0.421 e. The number of rotatable bonds is 6. The van der Waals surface area contributed by atoms with Gasteiger partial charge in [0.25, 0.3) is 0 Å². The van der Waals surface area contributed by atoms with Gasteiger partial charge in [-0.25, -0.2) is 9.52 Å². The quantitative estimate of drug-likeness (QED) is 0.725. The molecule has 0 saturated carbocycles. The monoisotopic (exact) mass is 280 g/mol. The molecule has 1 saturated heterocycles. The Hall–Kier alpha value is -0.860. The van der Waals surface area contributed by atoms with Gasteiger partial charge in [0.1, 0.15) is 0 Å². The second kappa shape index (κ2) is 6.91. The van der Waals surface area contributed by atoms with E-state index in [1.54, 1.807) is 6.92 Å². The average molecular weight is 280 g/mol. The van der Waals surface area contributed by atoms with Crippen molar-refractivity contribution in [1.29, 1.82) is 0 Å². The number of ether oxygens (including phenoxy) is 1. The SMILES string of the molecule is CCOC(=O)NS(=O)(=O)N1CCCC1CCCO. The van der Waals surface area contributed by atoms with Crippen molar-refractivity contribution in [2.75, 3.05) is 19.8 Å². The fourth-order valence-corrected chi connectivity index (χ4v) is 3.43. The van der Waals surface area contributed by atoms with Crippen molar-refractivity contribution < 1.29 is 23.1 Å². The molecule has 1 unspecified atom stereocenters. The lowest BCUT2D eigenvalue weighted by Crippen LogP contribution is -2.45. The highest BCUT2D eigenvalue weighted by Crippen LogP contribution is 2.23. The van der Waals surface area contributed by atoms with Crippen molar-refractivity contribution in [2.24, 2.45) is 0 Å². The summed E-state index contributed by atoms with van der Waals surface area (Å²) < 4.78 is 31.6. The molecule has 1 aliphatic rings. The van der Waals surface area contributed by atoms with Gasteiger partial charge >= 0.3 is 16.3 Å². The molecule has 2 N–H and O–H groups in total. The van der Waals surface area contributed by atoms with Crippen molar-refractivity contribution in [3.05, 3.63) is 0 Å². The summed E-state index contributed by atoms with van der Waals surface area (Å²) in [6.45, 7) is 2.15. The Kier molecular flexibility index (Phi) is 5.83. The Morgan fingerprint density at radius 3 is 2.89 bits per heavy atom. The van der Waals surface area contributed by atoms with E-state index in [0.29, 0.717) is 19.4 Å². The first kappa shape index (κ1) is 15.2. The van der Waals surface area contributed by atoms with Crippen LogP contribution in [0.4, 0.5) is 4.79 Å². The molecule has 0 aliphatic carbocycles. The molecule has 1 amide bonds. The van der Waals surface area contributed by atoms with Crippen LogP contribution in [0.3, 0.4) is 0 Å². The molecule has 1 atom stereocenters. The summed E-state index contributed by atoms with van der Waals surface area (Å²) in [6, 6.07) is -0.149. The maximum atomic E-state index is 11.9. The first-order valence-corrected chi connectivity index (χ1v) is 7.52. The van der Waals surface area contributed by atoms with E-state index < -0.39 is 16.3 Å². The van der Waals surface area contributed by atoms with Crippen molar-refractivity contribution >= 4 is 16.3 Å². The molecule has 7 nitrogen and oxygen atoms in total. The topological polar surface area (TPSA) is 95.9 Å². The lowest BCUT2D eigenvalue weighted by molar-refractivity contribution is 0.158. The molecule has 106 valence electrons. The van der Waals surface area contributed by atoms with Gasteiger partial charge in [0.15, 0.2) is 0 Å². The summed E-state index contributed by atoms with van der Waals surface area (Å²) in [5.74, 6) is 0. The van der Waals surface area contributed by atoms with Gasteiger partial charge in [-0.05, 0) is 32.6 Å². The molecular weight excluding hydrogens is 260 g/mol. The third kappa shape index (κ3) is 4.11. The van der Waals surface area contributed by atoms with Crippen molar-refractivity contribution in [2.45, 2.75) is 38.6 Å². The van der Waals surface area contributed by atoms with Gasteiger partial charge in [0, 0.05) is 19.2 Å². The Bertz CT molecular complexity index is 370. The molecule has 1 rings (SSSR count). The number of nitrogens with zero attached hydrogens (tertiary/aromatic N) is 1. The summed E-state index contributed by atoms with van der Waals surface area (Å²) in [7, 11) is -3.83. The van der Waals surface area contributed by atoms with Crippen LogP contribution < -0.4 is 4.72 Å². The zero-order chi connectivity index (χ0) is 13.6.